The summed E-state index contributed by atoms with van der Waals surface area (Å²) in [4.78, 5) is 3.99. The summed E-state index contributed by atoms with van der Waals surface area (Å²) < 4.78 is 5.68. The van der Waals surface area contributed by atoms with Crippen LogP contribution in [0.3, 0.4) is 0 Å². The highest BCUT2D eigenvalue weighted by Crippen LogP contribution is 2.20. The number of nitrogens with one attached hydrogen (secondary N) is 1. The highest BCUT2D eigenvalue weighted by molar-refractivity contribution is 4.81. The van der Waals surface area contributed by atoms with Crippen molar-refractivity contribution < 1.29 is 4.74 Å². The fourth-order valence-electron chi connectivity index (χ4n) is 1.82. The lowest BCUT2D eigenvalue weighted by molar-refractivity contribution is 0.00109. The Morgan fingerprint density at radius 2 is 2.36 bits per heavy atom. The lowest BCUT2D eigenvalue weighted by Crippen LogP contribution is -2.39. The van der Waals surface area contributed by atoms with Gasteiger partial charge in [0, 0.05) is 6.04 Å². The largest absolute Gasteiger partial charge is 0.369 e. The molecule has 0 aromatic carbocycles. The summed E-state index contributed by atoms with van der Waals surface area (Å²) in [6.45, 7) is 0.484. The molecule has 1 heterocycles. The average Bonchev–Trinajstić information content (AvgIpc) is 2.69. The van der Waals surface area contributed by atoms with E-state index in [-0.39, 0.29) is 12.1 Å². The number of nitrogens with two attached hydrogens (primary N) is 1. The molecular weight excluding hydrogens is 180 g/mol. The molecule has 0 saturated heterocycles. The first-order valence-electron chi connectivity index (χ1n) is 5.07. The molecule has 0 radical (unpaired) electrons. The number of hydrogen-bond acceptors (Lipinski definition) is 4. The standard InChI is InChI=1S/C9H16N4O/c10-7-3-1-2-4-8(7)14-5-9-11-6-12-13-9/h6-8H,1-5,10H2,(H,11,12,13). The molecular formula is C9H16N4O. The summed E-state index contributed by atoms with van der Waals surface area (Å²) in [5.74, 6) is 0.766. The molecule has 5 heteroatoms. The van der Waals surface area contributed by atoms with Gasteiger partial charge >= 0.3 is 0 Å². The Morgan fingerprint density at radius 1 is 1.50 bits per heavy atom. The van der Waals surface area contributed by atoms with E-state index in [9.17, 15) is 0 Å². The van der Waals surface area contributed by atoms with Crippen LogP contribution in [0.4, 0.5) is 0 Å². The van der Waals surface area contributed by atoms with E-state index >= 15 is 0 Å². The van der Waals surface area contributed by atoms with E-state index in [0.717, 1.165) is 18.7 Å². The number of ether oxygens (including phenoxy) is 1. The molecule has 2 atom stereocenters. The van der Waals surface area contributed by atoms with Crippen LogP contribution in [0.25, 0.3) is 0 Å². The zero-order chi connectivity index (χ0) is 9.80. The maximum Gasteiger partial charge on any atom is 0.150 e. The minimum Gasteiger partial charge on any atom is -0.369 e. The molecule has 14 heavy (non-hydrogen) atoms. The average molecular weight is 196 g/mol. The summed E-state index contributed by atoms with van der Waals surface area (Å²) in [5.41, 5.74) is 5.95. The second-order valence-corrected chi connectivity index (χ2v) is 3.73. The number of nitrogens with zero attached hydrogens (tertiary/aromatic N) is 2. The van der Waals surface area contributed by atoms with Gasteiger partial charge in [-0.2, -0.15) is 5.10 Å². The first-order chi connectivity index (χ1) is 6.86. The first kappa shape index (κ1) is 9.61. The van der Waals surface area contributed by atoms with Crippen LogP contribution in [0.1, 0.15) is 31.5 Å². The minimum atomic E-state index is 0.187. The van der Waals surface area contributed by atoms with Crippen LogP contribution >= 0.6 is 0 Å². The quantitative estimate of drug-likeness (QED) is 0.741. The van der Waals surface area contributed by atoms with E-state index in [0.29, 0.717) is 6.61 Å². The molecule has 1 aromatic heterocycles. The van der Waals surface area contributed by atoms with Crippen molar-refractivity contribution in [2.24, 2.45) is 5.73 Å². The van der Waals surface area contributed by atoms with E-state index in [2.05, 4.69) is 15.2 Å². The van der Waals surface area contributed by atoms with Crippen LogP contribution in [-0.4, -0.2) is 27.3 Å². The predicted octanol–water partition coefficient (Wildman–Crippen LogP) is 0.591. The van der Waals surface area contributed by atoms with Gasteiger partial charge in [0.05, 0.1) is 6.10 Å². The van der Waals surface area contributed by atoms with Crippen LogP contribution in [0.5, 0.6) is 0 Å². The van der Waals surface area contributed by atoms with Crippen molar-refractivity contribution in [1.82, 2.24) is 15.2 Å². The molecule has 78 valence electrons. The third-order valence-corrected chi connectivity index (χ3v) is 2.65. The Labute approximate surface area is 83.1 Å². The molecule has 0 spiro atoms. The Hall–Kier alpha value is -0.940. The summed E-state index contributed by atoms with van der Waals surface area (Å²) in [5, 5.41) is 6.52. The molecule has 1 aliphatic carbocycles. The van der Waals surface area contributed by atoms with Crippen LogP contribution in [-0.2, 0) is 11.3 Å². The van der Waals surface area contributed by atoms with Crippen LogP contribution < -0.4 is 5.73 Å². The number of hydrogen-bond donors (Lipinski definition) is 2. The van der Waals surface area contributed by atoms with Gasteiger partial charge in [-0.15, -0.1) is 0 Å². The fourth-order valence-corrected chi connectivity index (χ4v) is 1.82. The monoisotopic (exact) mass is 196 g/mol. The fraction of sp³-hybridized carbons (Fsp3) is 0.778. The summed E-state index contributed by atoms with van der Waals surface area (Å²) in [6.07, 6.45) is 6.25. The van der Waals surface area contributed by atoms with E-state index in [4.69, 9.17) is 10.5 Å². The molecule has 0 amide bonds. The van der Waals surface area contributed by atoms with Gasteiger partial charge in [-0.3, -0.25) is 5.10 Å². The maximum absolute atomic E-state index is 5.95. The Morgan fingerprint density at radius 3 is 3.07 bits per heavy atom. The van der Waals surface area contributed by atoms with Crippen LogP contribution in [0.15, 0.2) is 6.33 Å². The SMILES string of the molecule is NC1CCCCC1OCc1ncn[nH]1. The Balaban J connectivity index is 1.79. The summed E-state index contributed by atoms with van der Waals surface area (Å²) in [7, 11) is 0. The third kappa shape index (κ3) is 2.30. The minimum absolute atomic E-state index is 0.187. The lowest BCUT2D eigenvalue weighted by Gasteiger charge is -2.28. The van der Waals surface area contributed by atoms with Crippen molar-refractivity contribution in [2.45, 2.75) is 44.4 Å². The first-order valence-corrected chi connectivity index (χ1v) is 5.07. The highest BCUT2D eigenvalue weighted by Gasteiger charge is 2.22. The van der Waals surface area contributed by atoms with Gasteiger partial charge in [-0.05, 0) is 12.8 Å². The van der Waals surface area contributed by atoms with E-state index in [1.807, 2.05) is 0 Å². The Bertz CT molecular complexity index is 262. The van der Waals surface area contributed by atoms with Gasteiger partial charge in [0.15, 0.2) is 0 Å². The molecule has 3 N–H and O–H groups in total. The molecule has 1 aliphatic rings. The van der Waals surface area contributed by atoms with Crippen molar-refractivity contribution >= 4 is 0 Å². The zero-order valence-electron chi connectivity index (χ0n) is 8.15. The van der Waals surface area contributed by atoms with Crippen LogP contribution in [0, 0.1) is 0 Å². The molecule has 2 rings (SSSR count). The third-order valence-electron chi connectivity index (χ3n) is 2.65. The normalized spacial score (nSPS) is 27.8. The summed E-state index contributed by atoms with van der Waals surface area (Å²) >= 11 is 0. The Kier molecular flexibility index (Phi) is 3.10. The van der Waals surface area contributed by atoms with Gasteiger partial charge in [0.1, 0.15) is 18.8 Å². The van der Waals surface area contributed by atoms with Crippen molar-refractivity contribution in [1.29, 1.82) is 0 Å². The van der Waals surface area contributed by atoms with E-state index in [1.54, 1.807) is 0 Å². The van der Waals surface area contributed by atoms with Gasteiger partial charge in [-0.1, -0.05) is 12.8 Å². The summed E-state index contributed by atoms with van der Waals surface area (Å²) in [6, 6.07) is 0.187. The number of aromatic nitrogens is 3. The van der Waals surface area contributed by atoms with Crippen molar-refractivity contribution in [3.8, 4) is 0 Å². The molecule has 2 unspecified atom stereocenters. The van der Waals surface area contributed by atoms with Crippen molar-refractivity contribution in [3.63, 3.8) is 0 Å². The zero-order valence-corrected chi connectivity index (χ0v) is 8.15. The van der Waals surface area contributed by atoms with Gasteiger partial charge < -0.3 is 10.5 Å². The van der Waals surface area contributed by atoms with Crippen LogP contribution in [0.2, 0.25) is 0 Å². The second-order valence-electron chi connectivity index (χ2n) is 3.73. The number of H-pyrrole nitrogens is 1. The molecule has 1 aromatic rings. The van der Waals surface area contributed by atoms with Gasteiger partial charge in [0.2, 0.25) is 0 Å². The predicted molar refractivity (Wildman–Crippen MR) is 51.4 cm³/mol. The molecule has 0 bridgehead atoms. The molecule has 5 nitrogen and oxygen atoms in total. The van der Waals surface area contributed by atoms with Crippen molar-refractivity contribution in [3.05, 3.63) is 12.2 Å². The molecule has 1 fully saturated rings. The maximum atomic E-state index is 5.95. The molecule has 1 saturated carbocycles. The van der Waals surface area contributed by atoms with Gasteiger partial charge in [0.25, 0.3) is 0 Å². The van der Waals surface area contributed by atoms with E-state index in [1.165, 1.54) is 19.2 Å². The lowest BCUT2D eigenvalue weighted by atomic mass is 9.93. The number of aromatic amines is 1. The van der Waals surface area contributed by atoms with Crippen molar-refractivity contribution in [2.75, 3.05) is 0 Å². The highest BCUT2D eigenvalue weighted by atomic mass is 16.5. The van der Waals surface area contributed by atoms with Gasteiger partial charge in [-0.25, -0.2) is 4.98 Å². The van der Waals surface area contributed by atoms with E-state index < -0.39 is 0 Å². The second kappa shape index (κ2) is 4.52. The topological polar surface area (TPSA) is 76.8 Å². The smallest absolute Gasteiger partial charge is 0.150 e. The molecule has 0 aliphatic heterocycles. The number of rotatable bonds is 3.